The number of rotatable bonds is 3. The van der Waals surface area contributed by atoms with E-state index in [1.54, 1.807) is 12.1 Å². The van der Waals surface area contributed by atoms with E-state index in [9.17, 15) is 4.79 Å². The Hall–Kier alpha value is -1.37. The number of halogens is 1. The highest BCUT2D eigenvalue weighted by molar-refractivity contribution is 6.33. The van der Waals surface area contributed by atoms with Crippen molar-refractivity contribution in [1.82, 2.24) is 15.2 Å². The number of pyridine rings is 1. The zero-order valence-electron chi connectivity index (χ0n) is 11.7. The summed E-state index contributed by atoms with van der Waals surface area (Å²) in [7, 11) is 0. The van der Waals surface area contributed by atoms with Crippen LogP contribution in [0.2, 0.25) is 5.02 Å². The standard InChI is InChI=1S/C14H19ClN4O2/c15-11-3-4-12(16)18-13(11)14(20)17-6-10-7-19-5-1-2-9(19)8-21-10/h3-4,9-10H,1-2,5-8H2,(H2,16,18)(H,17,20). The summed E-state index contributed by atoms with van der Waals surface area (Å²) in [6.07, 6.45) is 2.46. The van der Waals surface area contributed by atoms with Crippen molar-refractivity contribution < 1.29 is 9.53 Å². The SMILES string of the molecule is Nc1ccc(Cl)c(C(=O)NCC2CN3CCCC3CO2)n1. The minimum atomic E-state index is -0.320. The van der Waals surface area contributed by atoms with Gasteiger partial charge in [-0.2, -0.15) is 0 Å². The van der Waals surface area contributed by atoms with Crippen LogP contribution in [0, 0.1) is 0 Å². The number of hydrogen-bond donors (Lipinski definition) is 2. The van der Waals surface area contributed by atoms with Crippen molar-refractivity contribution in [2.75, 3.05) is 32.0 Å². The summed E-state index contributed by atoms with van der Waals surface area (Å²) in [6, 6.07) is 3.70. The largest absolute Gasteiger partial charge is 0.384 e. The number of carbonyl (C=O) groups excluding carboxylic acids is 1. The topological polar surface area (TPSA) is 80.5 Å². The molecule has 0 radical (unpaired) electrons. The number of nitrogens with zero attached hydrogens (tertiary/aromatic N) is 2. The molecule has 0 bridgehead atoms. The second-order valence-corrected chi connectivity index (χ2v) is 5.93. The van der Waals surface area contributed by atoms with Crippen LogP contribution in [0.1, 0.15) is 23.3 Å². The number of fused-ring (bicyclic) bond motifs is 1. The van der Waals surface area contributed by atoms with Crippen molar-refractivity contribution in [3.05, 3.63) is 22.8 Å². The summed E-state index contributed by atoms with van der Waals surface area (Å²) in [4.78, 5) is 18.5. The first kappa shape index (κ1) is 14.6. The molecule has 21 heavy (non-hydrogen) atoms. The molecule has 1 aromatic heterocycles. The quantitative estimate of drug-likeness (QED) is 0.867. The highest BCUT2D eigenvalue weighted by Gasteiger charge is 2.32. The molecule has 3 heterocycles. The van der Waals surface area contributed by atoms with E-state index in [4.69, 9.17) is 22.1 Å². The maximum absolute atomic E-state index is 12.1. The maximum Gasteiger partial charge on any atom is 0.271 e. The summed E-state index contributed by atoms with van der Waals surface area (Å²) < 4.78 is 5.80. The Morgan fingerprint density at radius 2 is 2.43 bits per heavy atom. The fraction of sp³-hybridized carbons (Fsp3) is 0.571. The van der Waals surface area contributed by atoms with Gasteiger partial charge in [0.25, 0.3) is 5.91 Å². The van der Waals surface area contributed by atoms with Gasteiger partial charge in [0.2, 0.25) is 0 Å². The molecule has 2 saturated heterocycles. The van der Waals surface area contributed by atoms with Gasteiger partial charge in [0.1, 0.15) is 11.5 Å². The lowest BCUT2D eigenvalue weighted by Crippen LogP contribution is -2.50. The van der Waals surface area contributed by atoms with E-state index in [1.807, 2.05) is 0 Å². The third-order valence-corrected chi connectivity index (χ3v) is 4.34. The Kier molecular flexibility index (Phi) is 4.28. The van der Waals surface area contributed by atoms with Crippen LogP contribution < -0.4 is 11.1 Å². The summed E-state index contributed by atoms with van der Waals surface area (Å²) in [5.74, 6) is -0.0437. The summed E-state index contributed by atoms with van der Waals surface area (Å²) >= 11 is 5.97. The van der Waals surface area contributed by atoms with Crippen molar-refractivity contribution >= 4 is 23.3 Å². The lowest BCUT2D eigenvalue weighted by Gasteiger charge is -2.35. The minimum Gasteiger partial charge on any atom is -0.384 e. The van der Waals surface area contributed by atoms with E-state index in [0.717, 1.165) is 19.7 Å². The second kappa shape index (κ2) is 6.17. The van der Waals surface area contributed by atoms with Crippen molar-refractivity contribution in [3.63, 3.8) is 0 Å². The molecule has 7 heteroatoms. The molecule has 0 aliphatic carbocycles. The number of anilines is 1. The number of nitrogen functional groups attached to an aromatic ring is 1. The smallest absolute Gasteiger partial charge is 0.271 e. The Morgan fingerprint density at radius 1 is 1.57 bits per heavy atom. The van der Waals surface area contributed by atoms with Gasteiger partial charge in [0, 0.05) is 19.1 Å². The normalized spacial score (nSPS) is 25.6. The lowest BCUT2D eigenvalue weighted by atomic mass is 10.2. The molecule has 0 saturated carbocycles. The van der Waals surface area contributed by atoms with Crippen molar-refractivity contribution in [2.24, 2.45) is 0 Å². The Bertz CT molecular complexity index is 540. The molecule has 2 aliphatic rings. The van der Waals surface area contributed by atoms with E-state index in [1.165, 1.54) is 12.8 Å². The highest BCUT2D eigenvalue weighted by Crippen LogP contribution is 2.22. The number of nitrogens with two attached hydrogens (primary N) is 1. The first-order valence-corrected chi connectivity index (χ1v) is 7.57. The third kappa shape index (κ3) is 3.28. The van der Waals surface area contributed by atoms with Gasteiger partial charge in [0.15, 0.2) is 0 Å². The molecule has 0 aromatic carbocycles. The summed E-state index contributed by atoms with van der Waals surface area (Å²) in [6.45, 7) is 3.19. The van der Waals surface area contributed by atoms with Crippen LogP contribution in [0.4, 0.5) is 5.82 Å². The van der Waals surface area contributed by atoms with Gasteiger partial charge in [-0.25, -0.2) is 4.98 Å². The number of nitrogens with one attached hydrogen (secondary N) is 1. The van der Waals surface area contributed by atoms with Crippen molar-refractivity contribution in [2.45, 2.75) is 25.0 Å². The Balaban J connectivity index is 1.55. The molecule has 1 amide bonds. The molecule has 1 aromatic rings. The van der Waals surface area contributed by atoms with E-state index in [2.05, 4.69) is 15.2 Å². The van der Waals surface area contributed by atoms with E-state index < -0.39 is 0 Å². The van der Waals surface area contributed by atoms with E-state index in [-0.39, 0.29) is 23.5 Å². The van der Waals surface area contributed by atoms with E-state index in [0.29, 0.717) is 17.6 Å². The predicted octanol–water partition coefficient (Wildman–Crippen LogP) is 0.910. The molecule has 2 unspecified atom stereocenters. The van der Waals surface area contributed by atoms with Gasteiger partial charge in [-0.3, -0.25) is 9.69 Å². The zero-order valence-corrected chi connectivity index (χ0v) is 12.5. The molecular weight excluding hydrogens is 292 g/mol. The predicted molar refractivity (Wildman–Crippen MR) is 80.3 cm³/mol. The maximum atomic E-state index is 12.1. The molecule has 3 rings (SSSR count). The fourth-order valence-electron chi connectivity index (χ4n) is 2.92. The molecule has 0 spiro atoms. The van der Waals surface area contributed by atoms with Crippen LogP contribution in [0.3, 0.4) is 0 Å². The van der Waals surface area contributed by atoms with Crippen molar-refractivity contribution in [1.29, 1.82) is 0 Å². The number of amides is 1. The summed E-state index contributed by atoms with van der Waals surface area (Å²) in [5, 5.41) is 3.12. The van der Waals surface area contributed by atoms with Crippen LogP contribution in [-0.2, 0) is 4.74 Å². The monoisotopic (exact) mass is 310 g/mol. The zero-order chi connectivity index (χ0) is 14.8. The molecular formula is C14H19ClN4O2. The number of morpholine rings is 1. The first-order chi connectivity index (χ1) is 10.1. The van der Waals surface area contributed by atoms with Gasteiger partial charge < -0.3 is 15.8 Å². The van der Waals surface area contributed by atoms with Gasteiger partial charge in [0.05, 0.1) is 17.7 Å². The average Bonchev–Trinajstić information content (AvgIpc) is 2.94. The molecule has 2 atom stereocenters. The van der Waals surface area contributed by atoms with Crippen LogP contribution in [0.25, 0.3) is 0 Å². The van der Waals surface area contributed by atoms with E-state index >= 15 is 0 Å². The Morgan fingerprint density at radius 3 is 3.29 bits per heavy atom. The molecule has 2 aliphatic heterocycles. The van der Waals surface area contributed by atoms with Gasteiger partial charge in [-0.15, -0.1) is 0 Å². The highest BCUT2D eigenvalue weighted by atomic mass is 35.5. The van der Waals surface area contributed by atoms with Crippen molar-refractivity contribution in [3.8, 4) is 0 Å². The minimum absolute atomic E-state index is 0.0168. The Labute approximate surface area is 128 Å². The van der Waals surface area contributed by atoms with Crippen LogP contribution >= 0.6 is 11.6 Å². The van der Waals surface area contributed by atoms with Gasteiger partial charge in [-0.05, 0) is 31.5 Å². The molecule has 2 fully saturated rings. The molecule has 3 N–H and O–H groups in total. The second-order valence-electron chi connectivity index (χ2n) is 5.52. The fourth-order valence-corrected chi connectivity index (χ4v) is 3.11. The first-order valence-electron chi connectivity index (χ1n) is 7.19. The number of hydrogen-bond acceptors (Lipinski definition) is 5. The number of aromatic nitrogens is 1. The van der Waals surface area contributed by atoms with Gasteiger partial charge >= 0.3 is 0 Å². The number of ether oxygens (including phenoxy) is 1. The lowest BCUT2D eigenvalue weighted by molar-refractivity contribution is -0.0462. The molecule has 6 nitrogen and oxygen atoms in total. The van der Waals surface area contributed by atoms with Crippen LogP contribution in [-0.4, -0.2) is 54.2 Å². The summed E-state index contributed by atoms with van der Waals surface area (Å²) in [5.41, 5.74) is 5.74. The third-order valence-electron chi connectivity index (χ3n) is 4.03. The molecule has 114 valence electrons. The number of carbonyl (C=O) groups is 1. The average molecular weight is 311 g/mol. The van der Waals surface area contributed by atoms with Crippen LogP contribution in [0.5, 0.6) is 0 Å². The van der Waals surface area contributed by atoms with Crippen LogP contribution in [0.15, 0.2) is 12.1 Å². The van der Waals surface area contributed by atoms with Gasteiger partial charge in [-0.1, -0.05) is 11.6 Å².